The number of nitrogens with one attached hydrogen (secondary N) is 1. The highest BCUT2D eigenvalue weighted by molar-refractivity contribution is 8.00. The van der Waals surface area contributed by atoms with Gasteiger partial charge in [-0.05, 0) is 6.92 Å². The number of hydrogen-bond acceptors (Lipinski definition) is 4. The van der Waals surface area contributed by atoms with Gasteiger partial charge < -0.3 is 10.1 Å². The van der Waals surface area contributed by atoms with E-state index in [9.17, 15) is 4.79 Å². The van der Waals surface area contributed by atoms with Crippen molar-refractivity contribution in [2.24, 2.45) is 0 Å². The van der Waals surface area contributed by atoms with Crippen LogP contribution in [0.25, 0.3) is 0 Å². The molecule has 2 unspecified atom stereocenters. The lowest BCUT2D eigenvalue weighted by Crippen LogP contribution is -2.48. The zero-order chi connectivity index (χ0) is 8.97. The Morgan fingerprint density at radius 1 is 1.75 bits per heavy atom. The van der Waals surface area contributed by atoms with Gasteiger partial charge in [-0.25, -0.2) is 0 Å². The number of ether oxygens (including phenoxy) is 1. The fourth-order valence-electron chi connectivity index (χ4n) is 1.23. The Hall–Kier alpha value is -0.220. The van der Waals surface area contributed by atoms with Crippen LogP contribution in [-0.2, 0) is 9.53 Å². The lowest BCUT2D eigenvalue weighted by atomic mass is 10.2. The van der Waals surface area contributed by atoms with Gasteiger partial charge in [0.2, 0.25) is 0 Å². The van der Waals surface area contributed by atoms with Gasteiger partial charge in [0.1, 0.15) is 6.04 Å². The molecule has 0 bridgehead atoms. The molecule has 0 aliphatic carbocycles. The Morgan fingerprint density at radius 2 is 2.50 bits per heavy atom. The summed E-state index contributed by atoms with van der Waals surface area (Å²) in [6.07, 6.45) is 0. The Bertz CT molecular complexity index is 163. The number of thioether (sulfide) groups is 1. The standard InChI is InChI=1S/C8H15NO2S/c1-3-11-8(10)7-6(2)12-5-4-9-7/h6-7,9H,3-5H2,1-2H3. The number of carbonyl (C=O) groups is 1. The highest BCUT2D eigenvalue weighted by Crippen LogP contribution is 2.18. The summed E-state index contributed by atoms with van der Waals surface area (Å²) >= 11 is 1.82. The third-order valence-corrected chi connectivity index (χ3v) is 3.09. The van der Waals surface area contributed by atoms with E-state index in [0.717, 1.165) is 12.3 Å². The molecular weight excluding hydrogens is 174 g/mol. The molecule has 0 aromatic rings. The molecule has 70 valence electrons. The third kappa shape index (κ3) is 2.38. The quantitative estimate of drug-likeness (QED) is 0.647. The van der Waals surface area contributed by atoms with E-state index in [1.807, 2.05) is 18.7 Å². The monoisotopic (exact) mass is 189 g/mol. The molecule has 1 N–H and O–H groups in total. The Morgan fingerprint density at radius 3 is 3.08 bits per heavy atom. The summed E-state index contributed by atoms with van der Waals surface area (Å²) in [5.74, 6) is 0.967. The minimum Gasteiger partial charge on any atom is -0.465 e. The molecule has 0 aromatic carbocycles. The van der Waals surface area contributed by atoms with Gasteiger partial charge in [-0.2, -0.15) is 11.8 Å². The molecule has 12 heavy (non-hydrogen) atoms. The van der Waals surface area contributed by atoms with Crippen LogP contribution in [0.2, 0.25) is 0 Å². The van der Waals surface area contributed by atoms with Crippen molar-refractivity contribution in [2.45, 2.75) is 25.1 Å². The van der Waals surface area contributed by atoms with Crippen molar-refractivity contribution in [3.05, 3.63) is 0 Å². The molecule has 1 fully saturated rings. The van der Waals surface area contributed by atoms with E-state index in [0.29, 0.717) is 11.9 Å². The van der Waals surface area contributed by atoms with Crippen molar-refractivity contribution in [1.82, 2.24) is 5.32 Å². The van der Waals surface area contributed by atoms with Crippen molar-refractivity contribution >= 4 is 17.7 Å². The molecule has 0 radical (unpaired) electrons. The summed E-state index contributed by atoms with van der Waals surface area (Å²) in [6.45, 7) is 5.25. The molecule has 1 aliphatic rings. The van der Waals surface area contributed by atoms with Gasteiger partial charge in [0.15, 0.2) is 0 Å². The molecule has 0 aromatic heterocycles. The van der Waals surface area contributed by atoms with Gasteiger partial charge in [0.25, 0.3) is 0 Å². The largest absolute Gasteiger partial charge is 0.465 e. The molecule has 0 spiro atoms. The van der Waals surface area contributed by atoms with Crippen LogP contribution in [0, 0.1) is 0 Å². The Kier molecular flexibility index (Phi) is 3.88. The first-order chi connectivity index (χ1) is 5.75. The first-order valence-corrected chi connectivity index (χ1v) is 5.32. The average Bonchev–Trinajstić information content (AvgIpc) is 2.05. The molecule has 4 heteroatoms. The van der Waals surface area contributed by atoms with E-state index in [2.05, 4.69) is 12.2 Å². The van der Waals surface area contributed by atoms with Crippen molar-refractivity contribution < 1.29 is 9.53 Å². The Balaban J connectivity index is 2.42. The zero-order valence-corrected chi connectivity index (χ0v) is 8.32. The van der Waals surface area contributed by atoms with E-state index in [-0.39, 0.29) is 12.0 Å². The maximum Gasteiger partial charge on any atom is 0.324 e. The summed E-state index contributed by atoms with van der Waals surface area (Å²) in [6, 6.07) is -0.108. The minimum absolute atomic E-state index is 0.108. The molecule has 3 nitrogen and oxygen atoms in total. The predicted molar refractivity (Wildman–Crippen MR) is 50.3 cm³/mol. The normalized spacial score (nSPS) is 29.8. The van der Waals surface area contributed by atoms with Crippen molar-refractivity contribution in [3.8, 4) is 0 Å². The average molecular weight is 189 g/mol. The predicted octanol–water partition coefficient (Wildman–Crippen LogP) is 0.643. The third-order valence-electron chi connectivity index (χ3n) is 1.86. The molecular formula is C8H15NO2S. The van der Waals surface area contributed by atoms with Crippen LogP contribution in [-0.4, -0.2) is 36.2 Å². The lowest BCUT2D eigenvalue weighted by Gasteiger charge is -2.27. The van der Waals surface area contributed by atoms with Crippen LogP contribution in [0.1, 0.15) is 13.8 Å². The van der Waals surface area contributed by atoms with Crippen LogP contribution in [0.15, 0.2) is 0 Å². The van der Waals surface area contributed by atoms with E-state index in [1.54, 1.807) is 0 Å². The highest BCUT2D eigenvalue weighted by Gasteiger charge is 2.28. The minimum atomic E-state index is -0.114. The first kappa shape index (κ1) is 9.86. The SMILES string of the molecule is CCOC(=O)C1NCCSC1C. The molecule has 1 rings (SSSR count). The lowest BCUT2D eigenvalue weighted by molar-refractivity contribution is -0.145. The van der Waals surface area contributed by atoms with Gasteiger partial charge in [-0.3, -0.25) is 4.79 Å². The molecule has 0 amide bonds. The molecule has 1 heterocycles. The fraction of sp³-hybridized carbons (Fsp3) is 0.875. The molecule has 1 aliphatic heterocycles. The molecule has 1 saturated heterocycles. The number of esters is 1. The Labute approximate surface area is 77.2 Å². The summed E-state index contributed by atoms with van der Waals surface area (Å²) in [5, 5.41) is 3.49. The maximum atomic E-state index is 11.3. The summed E-state index contributed by atoms with van der Waals surface area (Å²) in [7, 11) is 0. The zero-order valence-electron chi connectivity index (χ0n) is 7.50. The van der Waals surface area contributed by atoms with Crippen LogP contribution in [0.5, 0.6) is 0 Å². The van der Waals surface area contributed by atoms with E-state index in [1.165, 1.54) is 0 Å². The summed E-state index contributed by atoms with van der Waals surface area (Å²) in [4.78, 5) is 11.3. The fourth-order valence-corrected chi connectivity index (χ4v) is 2.24. The second kappa shape index (κ2) is 4.72. The van der Waals surface area contributed by atoms with E-state index < -0.39 is 0 Å². The van der Waals surface area contributed by atoms with Crippen LogP contribution >= 0.6 is 11.8 Å². The van der Waals surface area contributed by atoms with Gasteiger partial charge in [0.05, 0.1) is 6.61 Å². The number of hydrogen-bond donors (Lipinski definition) is 1. The van der Waals surface area contributed by atoms with Gasteiger partial charge in [0, 0.05) is 17.5 Å². The van der Waals surface area contributed by atoms with Gasteiger partial charge >= 0.3 is 5.97 Å². The van der Waals surface area contributed by atoms with Crippen molar-refractivity contribution in [1.29, 1.82) is 0 Å². The summed E-state index contributed by atoms with van der Waals surface area (Å²) < 4.78 is 4.94. The number of rotatable bonds is 2. The maximum absolute atomic E-state index is 11.3. The molecule has 2 atom stereocenters. The smallest absolute Gasteiger partial charge is 0.324 e. The van der Waals surface area contributed by atoms with Crippen LogP contribution in [0.3, 0.4) is 0 Å². The van der Waals surface area contributed by atoms with Crippen molar-refractivity contribution in [3.63, 3.8) is 0 Å². The second-order valence-corrected chi connectivity index (χ2v) is 4.24. The van der Waals surface area contributed by atoms with Crippen molar-refractivity contribution in [2.75, 3.05) is 18.9 Å². The van der Waals surface area contributed by atoms with Crippen LogP contribution in [0.4, 0.5) is 0 Å². The van der Waals surface area contributed by atoms with Gasteiger partial charge in [-0.15, -0.1) is 0 Å². The summed E-state index contributed by atoms with van der Waals surface area (Å²) in [5.41, 5.74) is 0. The van der Waals surface area contributed by atoms with E-state index in [4.69, 9.17) is 4.74 Å². The first-order valence-electron chi connectivity index (χ1n) is 4.27. The molecule has 0 saturated carbocycles. The topological polar surface area (TPSA) is 38.3 Å². The van der Waals surface area contributed by atoms with E-state index >= 15 is 0 Å². The van der Waals surface area contributed by atoms with Crippen LogP contribution < -0.4 is 5.32 Å². The van der Waals surface area contributed by atoms with Gasteiger partial charge in [-0.1, -0.05) is 6.92 Å². The highest BCUT2D eigenvalue weighted by atomic mass is 32.2. The second-order valence-electron chi connectivity index (χ2n) is 2.76. The number of carbonyl (C=O) groups excluding carboxylic acids is 1.